The minimum absolute atomic E-state index is 0.127. The van der Waals surface area contributed by atoms with Gasteiger partial charge in [-0.15, -0.1) is 0 Å². The van der Waals surface area contributed by atoms with Crippen LogP contribution >= 0.6 is 0 Å². The molecule has 0 bridgehead atoms. The van der Waals surface area contributed by atoms with Crippen LogP contribution < -0.4 is 5.90 Å². The van der Waals surface area contributed by atoms with Crippen LogP contribution in [-0.4, -0.2) is 28.4 Å². The van der Waals surface area contributed by atoms with Crippen molar-refractivity contribution in [3.05, 3.63) is 0 Å². The lowest BCUT2D eigenvalue weighted by Gasteiger charge is -2.19. The topological polar surface area (TPSA) is 92.8 Å². The van der Waals surface area contributed by atoms with Crippen molar-refractivity contribution < 1.29 is 19.8 Å². The number of hydrogen-bond donors (Lipinski definition) is 3. The fourth-order valence-corrected chi connectivity index (χ4v) is 0.682. The maximum absolute atomic E-state index is 10.5. The van der Waals surface area contributed by atoms with Gasteiger partial charge >= 0.3 is 5.97 Å². The first kappa shape index (κ1) is 10.3. The van der Waals surface area contributed by atoms with E-state index in [9.17, 15) is 9.90 Å². The number of hydrogen-bond acceptors (Lipinski definition) is 5. The average molecular weight is 163 g/mol. The molecule has 5 heteroatoms. The highest BCUT2D eigenvalue weighted by atomic mass is 16.7. The summed E-state index contributed by atoms with van der Waals surface area (Å²) < 4.78 is 0. The number of carbonyl (C=O) groups excluding carboxylic acids is 1. The van der Waals surface area contributed by atoms with Gasteiger partial charge in [0.05, 0.1) is 12.0 Å². The van der Waals surface area contributed by atoms with Crippen molar-refractivity contribution in [1.82, 2.24) is 0 Å². The molecule has 0 fully saturated rings. The van der Waals surface area contributed by atoms with Crippen molar-refractivity contribution >= 4 is 5.97 Å². The first-order valence-corrected chi connectivity index (χ1v) is 3.24. The van der Waals surface area contributed by atoms with E-state index in [2.05, 4.69) is 10.7 Å². The second kappa shape index (κ2) is 4.27. The molecule has 4 N–H and O–H groups in total. The van der Waals surface area contributed by atoms with Gasteiger partial charge in [0.25, 0.3) is 0 Å². The smallest absolute Gasteiger partial charge is 0.327 e. The maximum atomic E-state index is 10.5. The lowest BCUT2D eigenvalue weighted by molar-refractivity contribution is -0.149. The third kappa shape index (κ3) is 4.72. The molecule has 0 aliphatic carbocycles. The van der Waals surface area contributed by atoms with Gasteiger partial charge in [0, 0.05) is 6.61 Å². The van der Waals surface area contributed by atoms with Crippen LogP contribution in [0.4, 0.5) is 0 Å². The summed E-state index contributed by atoms with van der Waals surface area (Å²) in [6.07, 6.45) is -0.0772. The molecule has 0 radical (unpaired) electrons. The molecule has 0 aliphatic rings. The van der Waals surface area contributed by atoms with Crippen LogP contribution in [-0.2, 0) is 9.63 Å². The van der Waals surface area contributed by atoms with Gasteiger partial charge in [0.2, 0.25) is 0 Å². The first-order chi connectivity index (χ1) is 5.02. The van der Waals surface area contributed by atoms with Crippen molar-refractivity contribution in [3.63, 3.8) is 0 Å². The van der Waals surface area contributed by atoms with E-state index in [4.69, 9.17) is 5.11 Å². The van der Waals surface area contributed by atoms with E-state index in [-0.39, 0.29) is 19.4 Å². The normalized spacial score (nSPS) is 15.6. The highest BCUT2D eigenvalue weighted by molar-refractivity contribution is 5.70. The van der Waals surface area contributed by atoms with Gasteiger partial charge in [0.15, 0.2) is 0 Å². The Bertz CT molecular complexity index is 135. The molecule has 0 aromatic carbocycles. The fraction of sp³-hybridized carbons (Fsp3) is 0.833. The highest BCUT2D eigenvalue weighted by Gasteiger charge is 2.24. The first-order valence-electron chi connectivity index (χ1n) is 3.24. The van der Waals surface area contributed by atoms with E-state index in [0.717, 1.165) is 0 Å². The Morgan fingerprint density at radius 2 is 2.27 bits per heavy atom. The van der Waals surface area contributed by atoms with Crippen LogP contribution in [0.1, 0.15) is 19.8 Å². The lowest BCUT2D eigenvalue weighted by atomic mass is 9.99. The zero-order valence-corrected chi connectivity index (χ0v) is 6.41. The second-order valence-corrected chi connectivity index (χ2v) is 2.64. The van der Waals surface area contributed by atoms with E-state index in [1.54, 1.807) is 0 Å². The molecular formula is C6H13NO4. The molecule has 5 nitrogen and oxygen atoms in total. The molecule has 0 saturated heterocycles. The molecule has 66 valence electrons. The molecule has 0 aromatic heterocycles. The second-order valence-electron chi connectivity index (χ2n) is 2.64. The van der Waals surface area contributed by atoms with Crippen molar-refractivity contribution in [3.8, 4) is 0 Å². The summed E-state index contributed by atoms with van der Waals surface area (Å²) in [5.74, 6) is 3.86. The lowest BCUT2D eigenvalue weighted by Crippen LogP contribution is -2.30. The molecule has 0 saturated carbocycles. The number of aliphatic hydroxyl groups excluding tert-OH is 1. The van der Waals surface area contributed by atoms with Crippen molar-refractivity contribution in [2.45, 2.75) is 25.4 Å². The number of nitrogens with two attached hydrogens (primary N) is 1. The summed E-state index contributed by atoms with van der Waals surface area (Å²) in [5, 5.41) is 17.7. The van der Waals surface area contributed by atoms with Gasteiger partial charge in [-0.2, -0.15) is 5.90 Å². The largest absolute Gasteiger partial charge is 0.396 e. The Balaban J connectivity index is 3.80. The number of aliphatic hydroxyl groups is 2. The molecule has 0 aliphatic heterocycles. The molecule has 11 heavy (non-hydrogen) atoms. The van der Waals surface area contributed by atoms with Gasteiger partial charge in [-0.3, -0.25) is 4.79 Å². The summed E-state index contributed by atoms with van der Waals surface area (Å²) in [7, 11) is 0. The molecule has 1 atom stereocenters. The Hall–Kier alpha value is -0.650. The van der Waals surface area contributed by atoms with Gasteiger partial charge in [-0.05, 0) is 13.3 Å². The number of rotatable bonds is 4. The number of carbonyl (C=O) groups is 1. The minimum atomic E-state index is -1.23. The summed E-state index contributed by atoms with van der Waals surface area (Å²) in [6, 6.07) is 0. The van der Waals surface area contributed by atoms with E-state index in [1.807, 2.05) is 0 Å². The van der Waals surface area contributed by atoms with Crippen molar-refractivity contribution in [2.24, 2.45) is 5.90 Å². The molecule has 0 rings (SSSR count). The van der Waals surface area contributed by atoms with Gasteiger partial charge in [0.1, 0.15) is 0 Å². The molecular weight excluding hydrogens is 150 g/mol. The van der Waals surface area contributed by atoms with E-state index < -0.39 is 11.6 Å². The maximum Gasteiger partial charge on any atom is 0.327 e. The predicted octanol–water partition coefficient (Wildman–Crippen LogP) is -1.07. The quantitative estimate of drug-likeness (QED) is 0.459. The average Bonchev–Trinajstić information content (AvgIpc) is 1.86. The Kier molecular flexibility index (Phi) is 4.02. The van der Waals surface area contributed by atoms with E-state index >= 15 is 0 Å². The highest BCUT2D eigenvalue weighted by Crippen LogP contribution is 2.13. The Morgan fingerprint density at radius 3 is 2.64 bits per heavy atom. The predicted molar refractivity (Wildman–Crippen MR) is 37.2 cm³/mol. The Labute approximate surface area is 64.7 Å². The monoisotopic (exact) mass is 163 g/mol. The zero-order valence-electron chi connectivity index (χ0n) is 6.41. The molecule has 0 amide bonds. The van der Waals surface area contributed by atoms with Crippen LogP contribution in [0.25, 0.3) is 0 Å². The summed E-state index contributed by atoms with van der Waals surface area (Å²) in [5.41, 5.74) is -1.23. The van der Waals surface area contributed by atoms with Crippen molar-refractivity contribution in [1.29, 1.82) is 0 Å². The zero-order chi connectivity index (χ0) is 8.91. The molecule has 0 aromatic rings. The van der Waals surface area contributed by atoms with Crippen LogP contribution in [0, 0.1) is 0 Å². The summed E-state index contributed by atoms with van der Waals surface area (Å²) in [6.45, 7) is 1.25. The summed E-state index contributed by atoms with van der Waals surface area (Å²) >= 11 is 0. The molecule has 0 spiro atoms. The minimum Gasteiger partial charge on any atom is -0.396 e. The molecule has 1 unspecified atom stereocenters. The van der Waals surface area contributed by atoms with Gasteiger partial charge < -0.3 is 15.1 Å². The molecule has 0 heterocycles. The third-order valence-corrected chi connectivity index (χ3v) is 1.31. The third-order valence-electron chi connectivity index (χ3n) is 1.31. The van der Waals surface area contributed by atoms with Crippen LogP contribution in [0.3, 0.4) is 0 Å². The SMILES string of the molecule is CC(O)(CCO)CC(=O)ON. The standard InChI is InChI=1S/C6H13NO4/c1-6(10,2-3-8)4-5(9)11-7/h8,10H,2-4,7H2,1H3. The van der Waals surface area contributed by atoms with E-state index in [1.165, 1.54) is 6.92 Å². The van der Waals surface area contributed by atoms with Crippen LogP contribution in [0.5, 0.6) is 0 Å². The Morgan fingerprint density at radius 1 is 1.73 bits per heavy atom. The van der Waals surface area contributed by atoms with E-state index in [0.29, 0.717) is 0 Å². The summed E-state index contributed by atoms with van der Waals surface area (Å²) in [4.78, 5) is 14.4. The van der Waals surface area contributed by atoms with Gasteiger partial charge in [-0.1, -0.05) is 0 Å². The van der Waals surface area contributed by atoms with Crippen molar-refractivity contribution in [2.75, 3.05) is 6.61 Å². The van der Waals surface area contributed by atoms with Crippen LogP contribution in [0.2, 0.25) is 0 Å². The fourth-order valence-electron chi connectivity index (χ4n) is 0.682. The van der Waals surface area contributed by atoms with Gasteiger partial charge in [-0.25, -0.2) is 0 Å². The van der Waals surface area contributed by atoms with Crippen LogP contribution in [0.15, 0.2) is 0 Å².